The number of nitrogens with one attached hydrogen (secondary N) is 2. The number of carbonyl (C=O) groups is 4. The molecule has 0 saturated carbocycles. The molecule has 0 aliphatic rings. The van der Waals surface area contributed by atoms with E-state index in [2.05, 4.69) is 56.9 Å². The molecule has 16 heteroatoms. The fourth-order valence-corrected chi connectivity index (χ4v) is 7.45. The van der Waals surface area contributed by atoms with E-state index < -0.39 is 28.1 Å². The van der Waals surface area contributed by atoms with Crippen LogP contribution in [0.5, 0.6) is 17.2 Å². The molecule has 0 aromatic heterocycles. The standard InChI is InChI=1S/C43H66N2O12S2/c1-42(2,3)35-28-34(41(43(4,5)6)32-10-12-33(13-11-32)55-23-22-54-21-20-53-19-18-51-7)36(29-37(35)57-31-38(47)44-15-25-58-24-9-17-46)56-30-39(48)45-16-27-59(50)26-14-40(49)52-8/h10-13,17,28-29,41H,9,14-16,18-27,30-31H2,1-8H3,(H,44,47)(H,45,48). The smallest absolute Gasteiger partial charge is 0.306 e. The minimum Gasteiger partial charge on any atom is -0.491 e. The summed E-state index contributed by atoms with van der Waals surface area (Å²) in [5.41, 5.74) is 1.94. The first-order valence-electron chi connectivity index (χ1n) is 19.9. The van der Waals surface area contributed by atoms with E-state index in [1.165, 1.54) is 7.11 Å². The molecule has 0 aliphatic heterocycles. The van der Waals surface area contributed by atoms with Crippen LogP contribution in [0.15, 0.2) is 36.4 Å². The van der Waals surface area contributed by atoms with Gasteiger partial charge in [-0.05, 0) is 40.3 Å². The van der Waals surface area contributed by atoms with Gasteiger partial charge >= 0.3 is 5.97 Å². The molecular weight excluding hydrogens is 801 g/mol. The van der Waals surface area contributed by atoms with Gasteiger partial charge in [-0.15, -0.1) is 0 Å². The van der Waals surface area contributed by atoms with Crippen molar-refractivity contribution in [2.75, 3.05) is 103 Å². The average Bonchev–Trinajstić information content (AvgIpc) is 3.19. The summed E-state index contributed by atoms with van der Waals surface area (Å²) in [6.07, 6.45) is 1.38. The van der Waals surface area contributed by atoms with E-state index in [0.29, 0.717) is 81.4 Å². The highest BCUT2D eigenvalue weighted by Gasteiger charge is 2.33. The molecule has 2 aromatic carbocycles. The van der Waals surface area contributed by atoms with Gasteiger partial charge in [0.2, 0.25) is 0 Å². The SMILES string of the molecule is COCCOCCOCCOc1ccc(C(c2cc(C(C)(C)C)c(OCC(=O)NCCSCCC=O)cc2OCC(=O)NCCS(=O)CCC(=O)OC)C(C)(C)C)cc1. The van der Waals surface area contributed by atoms with Gasteiger partial charge in [0.05, 0.1) is 46.6 Å². The lowest BCUT2D eigenvalue weighted by atomic mass is 9.71. The summed E-state index contributed by atoms with van der Waals surface area (Å²) < 4.78 is 51.4. The number of ether oxygens (including phenoxy) is 7. The van der Waals surface area contributed by atoms with Gasteiger partial charge in [0.1, 0.15) is 30.1 Å². The highest BCUT2D eigenvalue weighted by atomic mass is 32.2. The molecule has 332 valence electrons. The van der Waals surface area contributed by atoms with Crippen LogP contribution in [-0.2, 0) is 54.3 Å². The van der Waals surface area contributed by atoms with Crippen LogP contribution in [0.1, 0.15) is 77.0 Å². The number of hydrogen-bond donors (Lipinski definition) is 2. The maximum Gasteiger partial charge on any atom is 0.306 e. The van der Waals surface area contributed by atoms with Crippen LogP contribution >= 0.6 is 11.8 Å². The first-order valence-corrected chi connectivity index (χ1v) is 22.5. The molecule has 2 unspecified atom stereocenters. The lowest BCUT2D eigenvalue weighted by molar-refractivity contribution is -0.140. The summed E-state index contributed by atoms with van der Waals surface area (Å²) in [5, 5.41) is 5.62. The lowest BCUT2D eigenvalue weighted by Gasteiger charge is -2.35. The highest BCUT2D eigenvalue weighted by Crippen LogP contribution is 2.48. The molecule has 0 spiro atoms. The van der Waals surface area contributed by atoms with Crippen molar-refractivity contribution in [2.24, 2.45) is 5.41 Å². The normalized spacial score (nSPS) is 12.6. The van der Waals surface area contributed by atoms with Crippen molar-refractivity contribution in [2.45, 2.75) is 65.7 Å². The van der Waals surface area contributed by atoms with Crippen LogP contribution in [0.2, 0.25) is 0 Å². The Balaban J connectivity index is 2.35. The Kier molecular flexibility index (Phi) is 24.4. The third kappa shape index (κ3) is 20.9. The molecular formula is C43H66N2O12S2. The molecule has 0 saturated heterocycles. The number of benzene rings is 2. The Morgan fingerprint density at radius 2 is 1.37 bits per heavy atom. The van der Waals surface area contributed by atoms with Gasteiger partial charge in [0, 0.05) is 77.8 Å². The monoisotopic (exact) mass is 866 g/mol. The molecule has 0 aliphatic carbocycles. The molecule has 0 fully saturated rings. The molecule has 2 atom stereocenters. The van der Waals surface area contributed by atoms with E-state index >= 15 is 0 Å². The second-order valence-corrected chi connectivity index (χ2v) is 18.5. The fourth-order valence-electron chi connectivity index (χ4n) is 5.81. The zero-order valence-electron chi connectivity index (χ0n) is 36.1. The minimum atomic E-state index is -1.31. The van der Waals surface area contributed by atoms with Crippen LogP contribution in [-0.4, -0.2) is 131 Å². The zero-order chi connectivity index (χ0) is 43.7. The number of hydrogen-bond acceptors (Lipinski definition) is 13. The molecule has 2 amide bonds. The van der Waals surface area contributed by atoms with E-state index in [4.69, 9.17) is 28.4 Å². The van der Waals surface area contributed by atoms with Gasteiger partial charge < -0.3 is 48.6 Å². The van der Waals surface area contributed by atoms with Crippen LogP contribution in [0.3, 0.4) is 0 Å². The average molecular weight is 867 g/mol. The highest BCUT2D eigenvalue weighted by molar-refractivity contribution is 7.99. The van der Waals surface area contributed by atoms with Crippen molar-refractivity contribution in [3.05, 3.63) is 53.1 Å². The van der Waals surface area contributed by atoms with Gasteiger partial charge in [0.15, 0.2) is 13.2 Å². The molecule has 14 nitrogen and oxygen atoms in total. The topological polar surface area (TPSA) is 174 Å². The quantitative estimate of drug-likeness (QED) is 0.0621. The lowest BCUT2D eigenvalue weighted by Crippen LogP contribution is -2.33. The minimum absolute atomic E-state index is 0.0350. The maximum absolute atomic E-state index is 13.1. The first kappa shape index (κ1) is 51.4. The van der Waals surface area contributed by atoms with Gasteiger partial charge in [0.25, 0.3) is 11.8 Å². The number of methoxy groups -OCH3 is 2. The van der Waals surface area contributed by atoms with Gasteiger partial charge in [-0.3, -0.25) is 18.6 Å². The number of aldehydes is 1. The Morgan fingerprint density at radius 3 is 1.97 bits per heavy atom. The number of carbonyl (C=O) groups excluding carboxylic acids is 4. The molecule has 2 rings (SSSR count). The molecule has 0 heterocycles. The van der Waals surface area contributed by atoms with Crippen molar-refractivity contribution >= 4 is 46.6 Å². The van der Waals surface area contributed by atoms with Crippen molar-refractivity contribution < 1.29 is 56.5 Å². The van der Waals surface area contributed by atoms with Crippen LogP contribution < -0.4 is 24.8 Å². The third-order valence-corrected chi connectivity index (χ3v) is 11.0. The predicted octanol–water partition coefficient (Wildman–Crippen LogP) is 4.84. The summed E-state index contributed by atoms with van der Waals surface area (Å²) in [6, 6.07) is 11.7. The van der Waals surface area contributed by atoms with Gasteiger partial charge in [-0.2, -0.15) is 11.8 Å². The van der Waals surface area contributed by atoms with E-state index in [9.17, 15) is 23.4 Å². The number of thioether (sulfide) groups is 1. The van der Waals surface area contributed by atoms with E-state index in [-0.39, 0.29) is 54.9 Å². The predicted molar refractivity (Wildman–Crippen MR) is 231 cm³/mol. The van der Waals surface area contributed by atoms with Crippen molar-refractivity contribution in [1.82, 2.24) is 10.6 Å². The summed E-state index contributed by atoms with van der Waals surface area (Å²) >= 11 is 1.59. The van der Waals surface area contributed by atoms with Gasteiger partial charge in [-0.25, -0.2) is 0 Å². The second kappa shape index (κ2) is 27.9. The van der Waals surface area contributed by atoms with E-state index in [1.54, 1.807) is 24.9 Å². The van der Waals surface area contributed by atoms with Crippen molar-refractivity contribution in [1.29, 1.82) is 0 Å². The molecule has 59 heavy (non-hydrogen) atoms. The largest absolute Gasteiger partial charge is 0.491 e. The van der Waals surface area contributed by atoms with E-state index in [1.807, 2.05) is 30.3 Å². The third-order valence-electron chi connectivity index (χ3n) is 8.69. The molecule has 0 radical (unpaired) electrons. The summed E-state index contributed by atoms with van der Waals surface area (Å²) in [5.74, 6) is 1.89. The fraction of sp³-hybridized carbons (Fsp3) is 0.628. The Morgan fingerprint density at radius 1 is 0.763 bits per heavy atom. The second-order valence-electron chi connectivity index (χ2n) is 15.6. The van der Waals surface area contributed by atoms with Crippen molar-refractivity contribution in [3.8, 4) is 17.2 Å². The number of amides is 2. The van der Waals surface area contributed by atoms with Gasteiger partial charge in [-0.1, -0.05) is 53.7 Å². The number of rotatable bonds is 30. The molecule has 2 N–H and O–H groups in total. The van der Waals surface area contributed by atoms with Crippen LogP contribution in [0, 0.1) is 5.41 Å². The Hall–Kier alpha value is -3.70. The Labute approximate surface area is 357 Å². The zero-order valence-corrected chi connectivity index (χ0v) is 37.8. The molecule has 0 bridgehead atoms. The summed E-state index contributed by atoms with van der Waals surface area (Å²) in [7, 11) is 1.59. The first-order chi connectivity index (χ1) is 28.1. The van der Waals surface area contributed by atoms with Crippen LogP contribution in [0.25, 0.3) is 0 Å². The summed E-state index contributed by atoms with van der Waals surface area (Å²) in [4.78, 5) is 47.9. The number of esters is 1. The van der Waals surface area contributed by atoms with Crippen molar-refractivity contribution in [3.63, 3.8) is 0 Å². The maximum atomic E-state index is 13.1. The van der Waals surface area contributed by atoms with Crippen LogP contribution in [0.4, 0.5) is 0 Å². The Bertz CT molecular complexity index is 1590. The summed E-state index contributed by atoms with van der Waals surface area (Å²) in [6.45, 7) is 15.4. The molecule has 2 aromatic rings. The van der Waals surface area contributed by atoms with E-state index in [0.717, 1.165) is 23.0 Å².